The molecule has 0 spiro atoms. The zero-order valence-corrected chi connectivity index (χ0v) is 16.1. The molecule has 9 nitrogen and oxygen atoms in total. The minimum absolute atomic E-state index is 0.192. The molecule has 1 amide bonds. The number of nitrogens with zero attached hydrogens (tertiary/aromatic N) is 3. The summed E-state index contributed by atoms with van der Waals surface area (Å²) in [5.41, 5.74) is 0. The van der Waals surface area contributed by atoms with Gasteiger partial charge in [-0.25, -0.2) is 13.4 Å². The van der Waals surface area contributed by atoms with Crippen molar-refractivity contribution in [1.82, 2.24) is 8.61 Å². The monoisotopic (exact) mass is 381 g/mol. The second-order valence-corrected chi connectivity index (χ2v) is 6.39. The molecule has 0 aliphatic rings. The minimum Gasteiger partial charge on any atom is -0.465 e. The number of hydrogen-bond donors (Lipinski definition) is 0. The van der Waals surface area contributed by atoms with E-state index in [0.29, 0.717) is 5.04 Å². The first-order valence-electron chi connectivity index (χ1n) is 7.11. The Balaban J connectivity index is 4.73. The Morgan fingerprint density at radius 1 is 1.04 bits per heavy atom. The summed E-state index contributed by atoms with van der Waals surface area (Å²) in [5.74, 6) is -1.04. The SMILES string of the molecule is CCOC(=O)CN(CC(=O)OCC)SN(C)C(=O)ON=C(C)SC. The lowest BCUT2D eigenvalue weighted by molar-refractivity contribution is -0.145. The third-order valence-electron chi connectivity index (χ3n) is 2.26. The molecule has 0 saturated carbocycles. The van der Waals surface area contributed by atoms with Crippen LogP contribution in [0.4, 0.5) is 4.79 Å². The topological polar surface area (TPSA) is 97.7 Å². The summed E-state index contributed by atoms with van der Waals surface area (Å²) in [6.07, 6.45) is 1.05. The second-order valence-electron chi connectivity index (χ2n) is 4.16. The number of amides is 1. The fraction of sp³-hybridized carbons (Fsp3) is 0.692. The molecule has 0 rings (SSSR count). The first kappa shape index (κ1) is 22.5. The van der Waals surface area contributed by atoms with Crippen molar-refractivity contribution in [1.29, 1.82) is 0 Å². The van der Waals surface area contributed by atoms with Crippen LogP contribution in [0.2, 0.25) is 0 Å². The van der Waals surface area contributed by atoms with E-state index in [-0.39, 0.29) is 26.3 Å². The number of thioether (sulfide) groups is 1. The van der Waals surface area contributed by atoms with Gasteiger partial charge in [-0.15, -0.1) is 11.8 Å². The van der Waals surface area contributed by atoms with Crippen LogP contribution in [-0.4, -0.2) is 71.3 Å². The highest BCUT2D eigenvalue weighted by molar-refractivity contribution is 8.13. The molecule has 11 heteroatoms. The van der Waals surface area contributed by atoms with Crippen LogP contribution in [0.3, 0.4) is 0 Å². The van der Waals surface area contributed by atoms with E-state index in [1.807, 2.05) is 0 Å². The van der Waals surface area contributed by atoms with Crippen molar-refractivity contribution in [3.8, 4) is 0 Å². The molecule has 0 atom stereocenters. The van der Waals surface area contributed by atoms with Crippen molar-refractivity contribution in [2.24, 2.45) is 5.16 Å². The average molecular weight is 381 g/mol. The van der Waals surface area contributed by atoms with Gasteiger partial charge in [-0.05, 0) is 27.0 Å². The van der Waals surface area contributed by atoms with Crippen LogP contribution < -0.4 is 0 Å². The summed E-state index contributed by atoms with van der Waals surface area (Å²) in [4.78, 5) is 39.8. The van der Waals surface area contributed by atoms with E-state index in [0.717, 1.165) is 16.4 Å². The number of carbonyl (C=O) groups is 3. The highest BCUT2D eigenvalue weighted by Crippen LogP contribution is 2.16. The van der Waals surface area contributed by atoms with Crippen molar-refractivity contribution < 1.29 is 28.7 Å². The zero-order valence-electron chi connectivity index (χ0n) is 14.4. The van der Waals surface area contributed by atoms with Gasteiger partial charge in [-0.3, -0.25) is 14.4 Å². The van der Waals surface area contributed by atoms with Crippen molar-refractivity contribution in [3.05, 3.63) is 0 Å². The summed E-state index contributed by atoms with van der Waals surface area (Å²) >= 11 is 2.17. The predicted octanol–water partition coefficient (Wildman–Crippen LogP) is 1.74. The van der Waals surface area contributed by atoms with Crippen LogP contribution in [0.25, 0.3) is 0 Å². The van der Waals surface area contributed by atoms with Crippen molar-refractivity contribution in [3.63, 3.8) is 0 Å². The van der Waals surface area contributed by atoms with Crippen molar-refractivity contribution in [2.45, 2.75) is 20.8 Å². The van der Waals surface area contributed by atoms with Crippen LogP contribution in [0.5, 0.6) is 0 Å². The summed E-state index contributed by atoms with van der Waals surface area (Å²) in [6, 6.07) is 0. The van der Waals surface area contributed by atoms with Gasteiger partial charge in [-0.2, -0.15) is 0 Å². The van der Waals surface area contributed by atoms with Crippen LogP contribution >= 0.6 is 23.9 Å². The van der Waals surface area contributed by atoms with E-state index in [1.54, 1.807) is 27.0 Å². The predicted molar refractivity (Wildman–Crippen MR) is 93.3 cm³/mol. The lowest BCUT2D eigenvalue weighted by Gasteiger charge is -2.23. The number of ether oxygens (including phenoxy) is 2. The van der Waals surface area contributed by atoms with Gasteiger partial charge in [0, 0.05) is 19.2 Å². The van der Waals surface area contributed by atoms with Crippen LogP contribution in [0, 0.1) is 0 Å². The van der Waals surface area contributed by atoms with E-state index in [2.05, 4.69) is 5.16 Å². The molecule has 0 saturated heterocycles. The molecule has 0 unspecified atom stereocenters. The molecule has 0 fully saturated rings. The lowest BCUT2D eigenvalue weighted by Crippen LogP contribution is -2.35. The Bertz CT molecular complexity index is 441. The Morgan fingerprint density at radius 2 is 1.54 bits per heavy atom. The second kappa shape index (κ2) is 12.9. The van der Waals surface area contributed by atoms with Gasteiger partial charge in [0.1, 0.15) is 18.1 Å². The van der Waals surface area contributed by atoms with E-state index < -0.39 is 18.0 Å². The maximum absolute atomic E-state index is 11.8. The molecular weight excluding hydrogens is 358 g/mol. The Morgan fingerprint density at radius 3 is 1.96 bits per heavy atom. The normalized spacial score (nSPS) is 11.2. The standard InChI is InChI=1S/C13H23N3O6S2/c1-6-20-11(17)8-16(9-12(18)21-7-2)24-15(4)13(19)22-14-10(3)23-5/h6-9H2,1-5H3. The van der Waals surface area contributed by atoms with Gasteiger partial charge in [-0.1, -0.05) is 5.16 Å². The zero-order chi connectivity index (χ0) is 18.5. The van der Waals surface area contributed by atoms with Gasteiger partial charge in [0.15, 0.2) is 0 Å². The summed E-state index contributed by atoms with van der Waals surface area (Å²) in [6.45, 7) is 5.10. The third kappa shape index (κ3) is 10.3. The fourth-order valence-electron chi connectivity index (χ4n) is 1.22. The molecule has 138 valence electrons. The van der Waals surface area contributed by atoms with Crippen molar-refractivity contribution in [2.75, 3.05) is 39.6 Å². The highest BCUT2D eigenvalue weighted by atomic mass is 32.2. The molecule has 0 aromatic rings. The summed E-state index contributed by atoms with van der Waals surface area (Å²) in [5, 5.41) is 4.21. The van der Waals surface area contributed by atoms with Crippen molar-refractivity contribution >= 4 is 47.0 Å². The Hall–Kier alpha value is -1.46. The van der Waals surface area contributed by atoms with Gasteiger partial charge in [0.25, 0.3) is 0 Å². The van der Waals surface area contributed by atoms with E-state index in [1.165, 1.54) is 23.1 Å². The maximum atomic E-state index is 11.8. The maximum Gasteiger partial charge on any atom is 0.446 e. The molecule has 0 aromatic carbocycles. The number of carbonyl (C=O) groups excluding carboxylic acids is 3. The first-order chi connectivity index (χ1) is 11.3. The Kier molecular flexibility index (Phi) is 12.1. The molecule has 0 heterocycles. The number of esters is 2. The van der Waals surface area contributed by atoms with E-state index >= 15 is 0 Å². The van der Waals surface area contributed by atoms with Gasteiger partial charge in [0.2, 0.25) is 0 Å². The quantitative estimate of drug-likeness (QED) is 0.148. The highest BCUT2D eigenvalue weighted by Gasteiger charge is 2.22. The largest absolute Gasteiger partial charge is 0.465 e. The van der Waals surface area contributed by atoms with Gasteiger partial charge in [0.05, 0.1) is 13.2 Å². The molecule has 24 heavy (non-hydrogen) atoms. The van der Waals surface area contributed by atoms with Crippen LogP contribution in [-0.2, 0) is 23.9 Å². The molecule has 0 aliphatic heterocycles. The smallest absolute Gasteiger partial charge is 0.446 e. The number of hydrogen-bond acceptors (Lipinski definition) is 10. The summed E-state index contributed by atoms with van der Waals surface area (Å²) < 4.78 is 12.1. The molecule has 0 radical (unpaired) electrons. The van der Waals surface area contributed by atoms with Gasteiger partial charge < -0.3 is 9.47 Å². The van der Waals surface area contributed by atoms with Gasteiger partial charge >= 0.3 is 18.0 Å². The molecule has 0 aromatic heterocycles. The van der Waals surface area contributed by atoms with Crippen LogP contribution in [0.1, 0.15) is 20.8 Å². The minimum atomic E-state index is -0.744. The summed E-state index contributed by atoms with van der Waals surface area (Å²) in [7, 11) is 1.43. The number of rotatable bonds is 9. The molecule has 0 N–H and O–H groups in total. The van der Waals surface area contributed by atoms with E-state index in [4.69, 9.17) is 14.3 Å². The Labute approximate surface area is 150 Å². The average Bonchev–Trinajstić information content (AvgIpc) is 2.52. The first-order valence-corrected chi connectivity index (χ1v) is 9.07. The van der Waals surface area contributed by atoms with Crippen LogP contribution in [0.15, 0.2) is 5.16 Å². The third-order valence-corrected chi connectivity index (χ3v) is 3.81. The fourth-order valence-corrected chi connectivity index (χ4v) is 2.10. The lowest BCUT2D eigenvalue weighted by atomic mass is 10.5. The molecule has 0 aliphatic carbocycles. The number of oxime groups is 1. The molecule has 0 bridgehead atoms. The van der Waals surface area contributed by atoms with E-state index in [9.17, 15) is 14.4 Å². The molecular formula is C13H23N3O6S2.